The average Bonchev–Trinajstić information content (AvgIpc) is 2.61. The highest BCUT2D eigenvalue weighted by Crippen LogP contribution is 2.23. The highest BCUT2D eigenvalue weighted by molar-refractivity contribution is 5.81. The summed E-state index contributed by atoms with van der Waals surface area (Å²) in [5, 5.41) is 0.848. The molecule has 1 aromatic carbocycles. The first kappa shape index (κ1) is 15.1. The van der Waals surface area contributed by atoms with Crippen LogP contribution < -0.4 is 0 Å². The normalized spacial score (nSPS) is 14.8. The number of aryl methyl sites for hydroxylation is 1. The Hall–Kier alpha value is -2.40. The van der Waals surface area contributed by atoms with E-state index < -0.39 is 0 Å². The van der Waals surface area contributed by atoms with Gasteiger partial charge in [0.25, 0.3) is 0 Å². The molecule has 0 fully saturated rings. The first-order valence-corrected chi connectivity index (χ1v) is 8.32. The van der Waals surface area contributed by atoms with E-state index >= 15 is 0 Å². The van der Waals surface area contributed by atoms with E-state index in [1.807, 2.05) is 18.3 Å². The number of fused-ring (bicyclic) bond motifs is 2. The fraction of sp³-hybridized carbons (Fsp3) is 0.316. The van der Waals surface area contributed by atoms with Crippen molar-refractivity contribution in [2.45, 2.75) is 32.9 Å². The Morgan fingerprint density at radius 1 is 1.25 bits per heavy atom. The summed E-state index contributed by atoms with van der Waals surface area (Å²) in [4.78, 5) is 15.8. The Bertz CT molecular complexity index is 894. The molecule has 0 bridgehead atoms. The zero-order valence-corrected chi connectivity index (χ0v) is 13.7. The third-order valence-corrected chi connectivity index (χ3v) is 4.53. The van der Waals surface area contributed by atoms with Crippen molar-refractivity contribution in [3.8, 4) is 0 Å². The van der Waals surface area contributed by atoms with E-state index in [1.165, 1.54) is 11.6 Å². The van der Waals surface area contributed by atoms with Crippen LogP contribution in [0.15, 0.2) is 36.7 Å². The number of halogens is 1. The molecule has 2 aromatic heterocycles. The van der Waals surface area contributed by atoms with Gasteiger partial charge in [-0.2, -0.15) is 0 Å². The number of benzene rings is 1. The lowest BCUT2D eigenvalue weighted by Gasteiger charge is -2.28. The molecule has 4 nitrogen and oxygen atoms in total. The predicted molar refractivity (Wildman–Crippen MR) is 90.9 cm³/mol. The summed E-state index contributed by atoms with van der Waals surface area (Å²) in [6.07, 6.45) is 5.49. The van der Waals surface area contributed by atoms with Gasteiger partial charge < -0.3 is 0 Å². The second-order valence-corrected chi connectivity index (χ2v) is 6.21. The minimum absolute atomic E-state index is 0.210. The molecule has 3 aromatic rings. The molecule has 0 saturated heterocycles. The summed E-state index contributed by atoms with van der Waals surface area (Å²) in [6.45, 7) is 4.44. The molecule has 0 radical (unpaired) electrons. The van der Waals surface area contributed by atoms with Crippen molar-refractivity contribution < 1.29 is 4.39 Å². The van der Waals surface area contributed by atoms with Crippen LogP contribution in [0.5, 0.6) is 0 Å². The molecule has 1 aliphatic rings. The smallest absolute Gasteiger partial charge is 0.128 e. The molecule has 0 amide bonds. The first-order valence-electron chi connectivity index (χ1n) is 8.32. The molecule has 0 spiro atoms. The van der Waals surface area contributed by atoms with Crippen LogP contribution in [0.1, 0.15) is 29.6 Å². The Morgan fingerprint density at radius 3 is 3.04 bits per heavy atom. The van der Waals surface area contributed by atoms with Gasteiger partial charge in [0.15, 0.2) is 0 Å². The molecular weight excluding hydrogens is 303 g/mol. The Balaban J connectivity index is 1.62. The van der Waals surface area contributed by atoms with Gasteiger partial charge in [0.1, 0.15) is 11.6 Å². The maximum absolute atomic E-state index is 13.9. The maximum atomic E-state index is 13.9. The Kier molecular flexibility index (Phi) is 3.94. The number of rotatable bonds is 3. The van der Waals surface area contributed by atoms with Crippen molar-refractivity contribution in [1.82, 2.24) is 19.9 Å². The van der Waals surface area contributed by atoms with E-state index in [2.05, 4.69) is 26.8 Å². The van der Waals surface area contributed by atoms with Gasteiger partial charge in [-0.15, -0.1) is 0 Å². The molecule has 0 atom stereocenters. The van der Waals surface area contributed by atoms with Crippen molar-refractivity contribution in [3.05, 3.63) is 65.1 Å². The number of nitrogens with zero attached hydrogens (tertiary/aromatic N) is 4. The minimum Gasteiger partial charge on any atom is -0.293 e. The molecule has 5 heteroatoms. The van der Waals surface area contributed by atoms with E-state index in [1.54, 1.807) is 12.3 Å². The lowest BCUT2D eigenvalue weighted by molar-refractivity contribution is 0.241. The van der Waals surface area contributed by atoms with Crippen LogP contribution in [0.4, 0.5) is 4.39 Å². The van der Waals surface area contributed by atoms with Crippen molar-refractivity contribution in [3.63, 3.8) is 0 Å². The fourth-order valence-electron chi connectivity index (χ4n) is 3.29. The second-order valence-electron chi connectivity index (χ2n) is 6.21. The third kappa shape index (κ3) is 2.87. The minimum atomic E-state index is -0.210. The summed E-state index contributed by atoms with van der Waals surface area (Å²) in [5.41, 5.74) is 4.13. The third-order valence-electron chi connectivity index (χ3n) is 4.53. The second kappa shape index (κ2) is 6.24. The summed E-state index contributed by atoms with van der Waals surface area (Å²) in [7, 11) is 0. The van der Waals surface area contributed by atoms with E-state index in [4.69, 9.17) is 0 Å². The topological polar surface area (TPSA) is 41.9 Å². The fourth-order valence-corrected chi connectivity index (χ4v) is 3.29. The van der Waals surface area contributed by atoms with Crippen LogP contribution in [0.25, 0.3) is 10.9 Å². The molecule has 122 valence electrons. The van der Waals surface area contributed by atoms with E-state index in [-0.39, 0.29) is 5.82 Å². The van der Waals surface area contributed by atoms with Crippen LogP contribution in [0.3, 0.4) is 0 Å². The van der Waals surface area contributed by atoms with Crippen molar-refractivity contribution in [2.75, 3.05) is 6.54 Å². The van der Waals surface area contributed by atoms with E-state index in [0.717, 1.165) is 53.9 Å². The van der Waals surface area contributed by atoms with Crippen LogP contribution >= 0.6 is 0 Å². The maximum Gasteiger partial charge on any atom is 0.128 e. The van der Waals surface area contributed by atoms with Crippen LogP contribution in [0.2, 0.25) is 0 Å². The lowest BCUT2D eigenvalue weighted by Crippen LogP contribution is -2.31. The number of aromatic nitrogens is 3. The van der Waals surface area contributed by atoms with Crippen molar-refractivity contribution >= 4 is 10.9 Å². The molecule has 0 N–H and O–H groups in total. The van der Waals surface area contributed by atoms with Crippen LogP contribution in [-0.2, 0) is 25.9 Å². The molecular formula is C19H19FN4. The molecule has 0 saturated carbocycles. The number of hydrogen-bond acceptors (Lipinski definition) is 4. The summed E-state index contributed by atoms with van der Waals surface area (Å²) < 4.78 is 13.9. The van der Waals surface area contributed by atoms with Gasteiger partial charge >= 0.3 is 0 Å². The summed E-state index contributed by atoms with van der Waals surface area (Å²) >= 11 is 0. The highest BCUT2D eigenvalue weighted by atomic mass is 19.1. The van der Waals surface area contributed by atoms with Crippen LogP contribution in [-0.4, -0.2) is 26.4 Å². The standard InChI is InChI=1S/C19H19FN4/c1-2-18-22-10-14-5-7-24(12-17(14)23-18)11-15-9-16(20)8-13-4-3-6-21-19(13)15/h3-4,6,8-10H,2,5,7,11-12H2,1H3. The Morgan fingerprint density at radius 2 is 2.17 bits per heavy atom. The number of pyridine rings is 1. The average molecular weight is 322 g/mol. The quantitative estimate of drug-likeness (QED) is 0.742. The highest BCUT2D eigenvalue weighted by Gasteiger charge is 2.19. The molecule has 0 aliphatic carbocycles. The van der Waals surface area contributed by atoms with Crippen LogP contribution in [0, 0.1) is 5.82 Å². The largest absolute Gasteiger partial charge is 0.293 e. The van der Waals surface area contributed by atoms with Gasteiger partial charge in [-0.3, -0.25) is 9.88 Å². The summed E-state index contributed by atoms with van der Waals surface area (Å²) in [6, 6.07) is 6.88. The van der Waals surface area contributed by atoms with Gasteiger partial charge in [0.2, 0.25) is 0 Å². The van der Waals surface area contributed by atoms with E-state index in [9.17, 15) is 4.39 Å². The molecule has 1 aliphatic heterocycles. The van der Waals surface area contributed by atoms with Gasteiger partial charge in [-0.25, -0.2) is 14.4 Å². The molecule has 4 rings (SSSR count). The molecule has 0 unspecified atom stereocenters. The summed E-state index contributed by atoms with van der Waals surface area (Å²) in [5.74, 6) is 0.673. The SMILES string of the molecule is CCc1ncc2c(n1)CN(Cc1cc(F)cc3cccnc13)CC2. The first-order chi connectivity index (χ1) is 11.7. The Labute approximate surface area is 140 Å². The van der Waals surface area contributed by atoms with Crippen molar-refractivity contribution in [2.24, 2.45) is 0 Å². The van der Waals surface area contributed by atoms with E-state index in [0.29, 0.717) is 6.54 Å². The van der Waals surface area contributed by atoms with Gasteiger partial charge in [-0.05, 0) is 35.7 Å². The number of hydrogen-bond donors (Lipinski definition) is 0. The lowest BCUT2D eigenvalue weighted by atomic mass is 10.0. The molecule has 3 heterocycles. The predicted octanol–water partition coefficient (Wildman–Crippen LogP) is 3.28. The monoisotopic (exact) mass is 322 g/mol. The zero-order valence-electron chi connectivity index (χ0n) is 13.7. The van der Waals surface area contributed by atoms with Gasteiger partial charge in [0.05, 0.1) is 11.2 Å². The van der Waals surface area contributed by atoms with Crippen molar-refractivity contribution in [1.29, 1.82) is 0 Å². The van der Waals surface area contributed by atoms with Gasteiger partial charge in [0, 0.05) is 43.8 Å². The molecule has 24 heavy (non-hydrogen) atoms. The zero-order chi connectivity index (χ0) is 16.5. The van der Waals surface area contributed by atoms with Gasteiger partial charge in [-0.1, -0.05) is 13.0 Å².